The second-order valence-electron chi connectivity index (χ2n) is 6.52. The topological polar surface area (TPSA) is 74.6 Å². The number of carbonyl (C=O) groups is 1. The van der Waals surface area contributed by atoms with Gasteiger partial charge in [0.2, 0.25) is 5.75 Å². The average molecular weight is 403 g/mol. The second-order valence-corrected chi connectivity index (χ2v) is 6.52. The molecule has 0 fully saturated rings. The Morgan fingerprint density at radius 1 is 0.900 bits per heavy atom. The fraction of sp³-hybridized carbons (Fsp3) is 0.130. The van der Waals surface area contributed by atoms with Gasteiger partial charge in [-0.3, -0.25) is 9.36 Å². The molecule has 0 saturated heterocycles. The van der Waals surface area contributed by atoms with Gasteiger partial charge in [0, 0.05) is 16.9 Å². The highest BCUT2D eigenvalue weighted by Gasteiger charge is 2.17. The third kappa shape index (κ3) is 3.53. The highest BCUT2D eigenvalue weighted by atomic mass is 16.5. The summed E-state index contributed by atoms with van der Waals surface area (Å²) in [6, 6.07) is 18.7. The zero-order valence-electron chi connectivity index (χ0n) is 16.9. The van der Waals surface area contributed by atoms with E-state index in [1.807, 2.05) is 53.1 Å². The summed E-state index contributed by atoms with van der Waals surface area (Å²) in [5, 5.41) is 2.89. The molecule has 1 amide bonds. The number of hydrogen-bond donors (Lipinski definition) is 1. The molecule has 4 rings (SSSR count). The Kier molecular flexibility index (Phi) is 5.26. The Balaban J connectivity index is 1.57. The van der Waals surface area contributed by atoms with Gasteiger partial charge >= 0.3 is 0 Å². The Labute approximate surface area is 173 Å². The summed E-state index contributed by atoms with van der Waals surface area (Å²) in [5.74, 6) is 0.997. The molecule has 7 nitrogen and oxygen atoms in total. The van der Waals surface area contributed by atoms with Crippen LogP contribution in [0, 0.1) is 0 Å². The van der Waals surface area contributed by atoms with Crippen molar-refractivity contribution in [1.82, 2.24) is 9.55 Å². The van der Waals surface area contributed by atoms with E-state index in [4.69, 9.17) is 14.2 Å². The first-order valence-electron chi connectivity index (χ1n) is 9.28. The van der Waals surface area contributed by atoms with E-state index in [2.05, 4.69) is 10.3 Å². The number of para-hydroxylation sites is 2. The number of amides is 1. The summed E-state index contributed by atoms with van der Waals surface area (Å²) >= 11 is 0. The predicted molar refractivity (Wildman–Crippen MR) is 115 cm³/mol. The molecule has 0 bridgehead atoms. The lowest BCUT2D eigenvalue weighted by atomic mass is 10.1. The van der Waals surface area contributed by atoms with E-state index in [9.17, 15) is 4.79 Å². The van der Waals surface area contributed by atoms with Crippen LogP contribution in [0.5, 0.6) is 17.2 Å². The minimum absolute atomic E-state index is 0.282. The number of hydrogen-bond acceptors (Lipinski definition) is 5. The van der Waals surface area contributed by atoms with Crippen molar-refractivity contribution in [3.05, 3.63) is 72.6 Å². The van der Waals surface area contributed by atoms with Crippen LogP contribution in [0.2, 0.25) is 0 Å². The van der Waals surface area contributed by atoms with Gasteiger partial charge in [0.15, 0.2) is 11.5 Å². The molecular formula is C23H21N3O4. The van der Waals surface area contributed by atoms with Crippen LogP contribution in [0.1, 0.15) is 10.4 Å². The number of anilines is 1. The number of imidazole rings is 1. The number of carbonyl (C=O) groups excluding carboxylic acids is 1. The monoisotopic (exact) mass is 403 g/mol. The molecule has 0 radical (unpaired) electrons. The van der Waals surface area contributed by atoms with Crippen molar-refractivity contribution < 1.29 is 19.0 Å². The summed E-state index contributed by atoms with van der Waals surface area (Å²) in [6.45, 7) is 0. The molecule has 0 spiro atoms. The molecule has 1 heterocycles. The van der Waals surface area contributed by atoms with Gasteiger partial charge < -0.3 is 19.5 Å². The number of aromatic nitrogens is 2. The highest BCUT2D eigenvalue weighted by Crippen LogP contribution is 2.38. The molecule has 3 aromatic carbocycles. The van der Waals surface area contributed by atoms with Crippen LogP contribution in [0.25, 0.3) is 16.7 Å². The van der Waals surface area contributed by atoms with Crippen LogP contribution in [-0.2, 0) is 0 Å². The van der Waals surface area contributed by atoms with Gasteiger partial charge in [0.25, 0.3) is 5.91 Å². The maximum atomic E-state index is 12.8. The van der Waals surface area contributed by atoms with E-state index >= 15 is 0 Å². The molecule has 0 unspecified atom stereocenters. The zero-order valence-corrected chi connectivity index (χ0v) is 16.9. The maximum absolute atomic E-state index is 12.8. The standard InChI is InChI=1S/C23H21N3O4/c1-28-20-12-15(13-21(29-2)22(20)30-3)23(27)25-16-8-10-17(11-9-16)26-14-24-18-6-4-5-7-19(18)26/h4-14H,1-3H3,(H,25,27). The summed E-state index contributed by atoms with van der Waals surface area (Å²) in [4.78, 5) is 17.2. The summed E-state index contributed by atoms with van der Waals surface area (Å²) in [5.41, 5.74) is 3.97. The smallest absolute Gasteiger partial charge is 0.255 e. The predicted octanol–water partition coefficient (Wildman–Crippen LogP) is 4.30. The average Bonchev–Trinajstić information content (AvgIpc) is 3.22. The van der Waals surface area contributed by atoms with Gasteiger partial charge in [-0.25, -0.2) is 4.98 Å². The van der Waals surface area contributed by atoms with Crippen LogP contribution >= 0.6 is 0 Å². The summed E-state index contributed by atoms with van der Waals surface area (Å²) in [6.07, 6.45) is 1.79. The Hall–Kier alpha value is -4.00. The van der Waals surface area contributed by atoms with Gasteiger partial charge in [-0.1, -0.05) is 12.1 Å². The number of nitrogens with zero attached hydrogens (tertiary/aromatic N) is 2. The number of fused-ring (bicyclic) bond motifs is 1. The molecular weight excluding hydrogens is 382 g/mol. The van der Waals surface area contributed by atoms with E-state index in [0.29, 0.717) is 28.5 Å². The molecule has 0 aliphatic rings. The van der Waals surface area contributed by atoms with E-state index in [1.165, 1.54) is 21.3 Å². The highest BCUT2D eigenvalue weighted by molar-refractivity contribution is 6.05. The number of benzene rings is 3. The molecule has 4 aromatic rings. The summed E-state index contributed by atoms with van der Waals surface area (Å²) < 4.78 is 17.9. The molecule has 30 heavy (non-hydrogen) atoms. The second kappa shape index (κ2) is 8.16. The first kappa shape index (κ1) is 19.3. The van der Waals surface area contributed by atoms with Crippen molar-refractivity contribution in [2.24, 2.45) is 0 Å². The van der Waals surface area contributed by atoms with Crippen LogP contribution in [0.3, 0.4) is 0 Å². The van der Waals surface area contributed by atoms with Crippen molar-refractivity contribution in [2.45, 2.75) is 0 Å². The van der Waals surface area contributed by atoms with Crippen molar-refractivity contribution in [3.8, 4) is 22.9 Å². The van der Waals surface area contributed by atoms with Crippen molar-refractivity contribution >= 4 is 22.6 Å². The van der Waals surface area contributed by atoms with E-state index < -0.39 is 0 Å². The van der Waals surface area contributed by atoms with Crippen molar-refractivity contribution in [1.29, 1.82) is 0 Å². The minimum Gasteiger partial charge on any atom is -0.493 e. The lowest BCUT2D eigenvalue weighted by molar-refractivity contribution is 0.102. The minimum atomic E-state index is -0.282. The van der Waals surface area contributed by atoms with Gasteiger partial charge in [0.05, 0.1) is 32.4 Å². The number of ether oxygens (including phenoxy) is 3. The van der Waals surface area contributed by atoms with Gasteiger partial charge in [-0.15, -0.1) is 0 Å². The van der Waals surface area contributed by atoms with Crippen LogP contribution in [-0.4, -0.2) is 36.8 Å². The third-order valence-electron chi connectivity index (χ3n) is 4.78. The molecule has 152 valence electrons. The molecule has 7 heteroatoms. The van der Waals surface area contributed by atoms with E-state index in [-0.39, 0.29) is 5.91 Å². The number of methoxy groups -OCH3 is 3. The lowest BCUT2D eigenvalue weighted by Crippen LogP contribution is -2.12. The van der Waals surface area contributed by atoms with Crippen LogP contribution in [0.4, 0.5) is 5.69 Å². The molecule has 0 atom stereocenters. The number of rotatable bonds is 6. The van der Waals surface area contributed by atoms with Crippen LogP contribution in [0.15, 0.2) is 67.0 Å². The zero-order chi connectivity index (χ0) is 21.1. The van der Waals surface area contributed by atoms with E-state index in [1.54, 1.807) is 18.5 Å². The first-order valence-corrected chi connectivity index (χ1v) is 9.28. The van der Waals surface area contributed by atoms with Gasteiger partial charge in [0.1, 0.15) is 6.33 Å². The molecule has 0 aliphatic heterocycles. The van der Waals surface area contributed by atoms with Gasteiger partial charge in [-0.2, -0.15) is 0 Å². The van der Waals surface area contributed by atoms with Crippen molar-refractivity contribution in [3.63, 3.8) is 0 Å². The Morgan fingerprint density at radius 3 is 2.20 bits per heavy atom. The van der Waals surface area contributed by atoms with E-state index in [0.717, 1.165) is 16.7 Å². The van der Waals surface area contributed by atoms with Gasteiger partial charge in [-0.05, 0) is 48.5 Å². The maximum Gasteiger partial charge on any atom is 0.255 e. The fourth-order valence-electron chi connectivity index (χ4n) is 3.29. The number of nitrogens with one attached hydrogen (secondary N) is 1. The molecule has 0 saturated carbocycles. The van der Waals surface area contributed by atoms with Crippen molar-refractivity contribution in [2.75, 3.05) is 26.6 Å². The quantitative estimate of drug-likeness (QED) is 0.519. The largest absolute Gasteiger partial charge is 0.493 e. The lowest BCUT2D eigenvalue weighted by Gasteiger charge is -2.14. The summed E-state index contributed by atoms with van der Waals surface area (Å²) in [7, 11) is 4.54. The molecule has 1 N–H and O–H groups in total. The van der Waals surface area contributed by atoms with Crippen LogP contribution < -0.4 is 19.5 Å². The molecule has 0 aliphatic carbocycles. The fourth-order valence-corrected chi connectivity index (χ4v) is 3.29. The SMILES string of the molecule is COc1cc(C(=O)Nc2ccc(-n3cnc4ccccc43)cc2)cc(OC)c1OC. The molecule has 1 aromatic heterocycles. The Bertz CT molecular complexity index is 1170. The first-order chi connectivity index (χ1) is 14.6. The third-order valence-corrected chi connectivity index (χ3v) is 4.78. The normalized spacial score (nSPS) is 10.6. The Morgan fingerprint density at radius 2 is 1.57 bits per heavy atom.